The number of likely N-dealkylation sites (tertiary alicyclic amines) is 1. The molecule has 1 fully saturated rings. The molecule has 4 rings (SSSR count). The smallest absolute Gasteiger partial charge is 0.191 e. The van der Waals surface area contributed by atoms with Crippen molar-refractivity contribution in [2.24, 2.45) is 0 Å². The Morgan fingerprint density at radius 3 is 2.26 bits per heavy atom. The largest absolute Gasteiger partial charge is 0.314 e. The monoisotopic (exact) mass is 433 g/mol. The number of benzene rings is 3. The van der Waals surface area contributed by atoms with Crippen molar-refractivity contribution in [2.75, 3.05) is 19.6 Å². The summed E-state index contributed by atoms with van der Waals surface area (Å²) in [7, 11) is 0. The summed E-state index contributed by atoms with van der Waals surface area (Å²) in [4.78, 5) is 13.0. The Morgan fingerprint density at radius 1 is 0.815 bits per heavy atom. The minimum absolute atomic E-state index is 0. The Bertz CT molecular complexity index is 895. The predicted octanol–water partition coefficient (Wildman–Crippen LogP) is 4.76. The fourth-order valence-electron chi connectivity index (χ4n) is 4.44. The van der Waals surface area contributed by atoms with E-state index < -0.39 is 0 Å². The number of quaternary nitrogens is 1. The summed E-state index contributed by atoms with van der Waals surface area (Å²) in [5.41, 5.74) is 2.50. The number of fused-ring (bicyclic) bond motifs is 1. The van der Waals surface area contributed by atoms with E-state index in [4.69, 9.17) is 0 Å². The minimum atomic E-state index is 0. The fourth-order valence-corrected chi connectivity index (χ4v) is 4.44. The molecule has 1 saturated heterocycles. The summed E-state index contributed by atoms with van der Waals surface area (Å²) >= 11 is 0. The SMILES string of the molecule is O=C(Cc1cccc2ccccc12)C[N+]1(Cc2ccccc2)CCCC1.[Y]. The van der Waals surface area contributed by atoms with Crippen molar-refractivity contribution < 1.29 is 42.0 Å². The van der Waals surface area contributed by atoms with Crippen LogP contribution < -0.4 is 0 Å². The maximum atomic E-state index is 13.0. The molecule has 1 aliphatic rings. The van der Waals surface area contributed by atoms with Gasteiger partial charge in [-0.05, 0) is 16.3 Å². The van der Waals surface area contributed by atoms with E-state index in [-0.39, 0.29) is 32.7 Å². The molecule has 0 aliphatic carbocycles. The molecule has 1 heterocycles. The van der Waals surface area contributed by atoms with Gasteiger partial charge in [0.2, 0.25) is 0 Å². The van der Waals surface area contributed by atoms with Crippen molar-refractivity contribution in [3.63, 3.8) is 0 Å². The van der Waals surface area contributed by atoms with E-state index in [1.165, 1.54) is 29.2 Å². The summed E-state index contributed by atoms with van der Waals surface area (Å²) in [5, 5.41) is 2.42. The average molecular weight is 433 g/mol. The van der Waals surface area contributed by atoms with E-state index in [1.54, 1.807) is 0 Å². The number of carbonyl (C=O) groups excluding carboxylic acids is 1. The van der Waals surface area contributed by atoms with Gasteiger partial charge in [0.15, 0.2) is 5.78 Å². The molecular weight excluding hydrogens is 407 g/mol. The minimum Gasteiger partial charge on any atom is -0.314 e. The summed E-state index contributed by atoms with van der Waals surface area (Å²) < 4.78 is 0.924. The molecule has 1 radical (unpaired) electrons. The first kappa shape index (κ1) is 20.4. The van der Waals surface area contributed by atoms with Gasteiger partial charge in [-0.15, -0.1) is 0 Å². The van der Waals surface area contributed by atoms with Gasteiger partial charge in [0, 0.05) is 57.5 Å². The standard InChI is InChI=1S/C24H26NO.Y/c26-23(17-22-13-8-12-21-11-4-5-14-24(21)22)19-25(15-6-7-16-25)18-20-9-2-1-3-10-20;/h1-5,8-14H,6-7,15-19H2;/q+1;. The topological polar surface area (TPSA) is 17.1 Å². The molecule has 0 aromatic heterocycles. The number of nitrogens with zero attached hydrogens (tertiary/aromatic N) is 1. The Morgan fingerprint density at radius 2 is 1.48 bits per heavy atom. The summed E-state index contributed by atoms with van der Waals surface area (Å²) in [6, 6.07) is 25.3. The zero-order chi connectivity index (χ0) is 17.8. The van der Waals surface area contributed by atoms with Gasteiger partial charge in [-0.1, -0.05) is 72.8 Å². The Labute approximate surface area is 187 Å². The average Bonchev–Trinajstić information content (AvgIpc) is 3.10. The van der Waals surface area contributed by atoms with E-state index in [1.807, 2.05) is 0 Å². The van der Waals surface area contributed by atoms with Gasteiger partial charge >= 0.3 is 0 Å². The maximum Gasteiger partial charge on any atom is 0.191 e. The van der Waals surface area contributed by atoms with Crippen LogP contribution in [0.25, 0.3) is 10.8 Å². The zero-order valence-corrected chi connectivity index (χ0v) is 18.6. The van der Waals surface area contributed by atoms with Gasteiger partial charge in [0.05, 0.1) is 13.1 Å². The number of carbonyl (C=O) groups is 1. The van der Waals surface area contributed by atoms with Gasteiger partial charge in [0.1, 0.15) is 13.1 Å². The van der Waals surface area contributed by atoms with Gasteiger partial charge in [0.25, 0.3) is 0 Å². The van der Waals surface area contributed by atoms with Gasteiger partial charge < -0.3 is 4.48 Å². The van der Waals surface area contributed by atoms with Crippen LogP contribution in [-0.2, 0) is 50.5 Å². The predicted molar refractivity (Wildman–Crippen MR) is 107 cm³/mol. The molecule has 0 unspecified atom stereocenters. The summed E-state index contributed by atoms with van der Waals surface area (Å²) in [6.45, 7) is 3.87. The third kappa shape index (κ3) is 4.93. The molecule has 0 spiro atoms. The van der Waals surface area contributed by atoms with Crippen molar-refractivity contribution in [2.45, 2.75) is 25.8 Å². The molecule has 135 valence electrons. The molecule has 27 heavy (non-hydrogen) atoms. The molecule has 3 heteroatoms. The first-order chi connectivity index (χ1) is 12.7. The van der Waals surface area contributed by atoms with E-state index in [0.717, 1.165) is 29.7 Å². The second-order valence-corrected chi connectivity index (χ2v) is 7.65. The molecule has 0 N–H and O–H groups in total. The molecule has 0 saturated carbocycles. The second kappa shape index (κ2) is 9.23. The van der Waals surface area contributed by atoms with Crippen LogP contribution in [0.5, 0.6) is 0 Å². The van der Waals surface area contributed by atoms with E-state index in [9.17, 15) is 4.79 Å². The number of Topliss-reactive ketones (excluding diaryl/α,β-unsaturated/α-hetero) is 1. The molecule has 2 nitrogen and oxygen atoms in total. The van der Waals surface area contributed by atoms with Crippen LogP contribution in [0.15, 0.2) is 72.8 Å². The van der Waals surface area contributed by atoms with E-state index in [0.29, 0.717) is 18.7 Å². The van der Waals surface area contributed by atoms with E-state index in [2.05, 4.69) is 72.8 Å². The van der Waals surface area contributed by atoms with Crippen molar-refractivity contribution >= 4 is 16.6 Å². The van der Waals surface area contributed by atoms with Crippen molar-refractivity contribution in [1.82, 2.24) is 0 Å². The molecular formula is C24H26NOY+. The van der Waals surface area contributed by atoms with Crippen LogP contribution in [0.3, 0.4) is 0 Å². The van der Waals surface area contributed by atoms with Gasteiger partial charge in [-0.2, -0.15) is 0 Å². The Hall–Kier alpha value is -1.35. The first-order valence-corrected chi connectivity index (χ1v) is 9.62. The van der Waals surface area contributed by atoms with Crippen LogP contribution in [0.1, 0.15) is 24.0 Å². The first-order valence-electron chi connectivity index (χ1n) is 9.62. The third-order valence-electron chi connectivity index (χ3n) is 5.66. The maximum absolute atomic E-state index is 13.0. The van der Waals surface area contributed by atoms with Crippen LogP contribution in [-0.4, -0.2) is 29.9 Å². The number of rotatable bonds is 6. The van der Waals surface area contributed by atoms with Crippen LogP contribution >= 0.6 is 0 Å². The van der Waals surface area contributed by atoms with Crippen LogP contribution in [0.2, 0.25) is 0 Å². The zero-order valence-electron chi connectivity index (χ0n) is 15.8. The quantitative estimate of drug-likeness (QED) is 0.513. The molecule has 0 bridgehead atoms. The van der Waals surface area contributed by atoms with Crippen LogP contribution in [0.4, 0.5) is 0 Å². The van der Waals surface area contributed by atoms with Gasteiger partial charge in [-0.3, -0.25) is 4.79 Å². The second-order valence-electron chi connectivity index (χ2n) is 7.65. The summed E-state index contributed by atoms with van der Waals surface area (Å²) in [5.74, 6) is 0.360. The van der Waals surface area contributed by atoms with Crippen molar-refractivity contribution in [3.05, 3.63) is 83.9 Å². The molecule has 3 aromatic rings. The summed E-state index contributed by atoms with van der Waals surface area (Å²) in [6.07, 6.45) is 3.00. The number of hydrogen-bond donors (Lipinski definition) is 0. The Kier molecular flexibility index (Phi) is 6.97. The van der Waals surface area contributed by atoms with E-state index >= 15 is 0 Å². The number of hydrogen-bond acceptors (Lipinski definition) is 1. The number of ketones is 1. The van der Waals surface area contributed by atoms with Crippen molar-refractivity contribution in [3.8, 4) is 0 Å². The fraction of sp³-hybridized carbons (Fsp3) is 0.292. The molecule has 0 atom stereocenters. The third-order valence-corrected chi connectivity index (χ3v) is 5.66. The molecule has 3 aromatic carbocycles. The Balaban J connectivity index is 0.00000210. The van der Waals surface area contributed by atoms with Crippen molar-refractivity contribution in [1.29, 1.82) is 0 Å². The normalized spacial score (nSPS) is 15.4. The molecule has 0 amide bonds. The van der Waals surface area contributed by atoms with Crippen LogP contribution in [0, 0.1) is 0 Å². The van der Waals surface area contributed by atoms with Gasteiger partial charge in [-0.25, -0.2) is 0 Å². The molecule has 1 aliphatic heterocycles.